The molecule has 0 atom stereocenters. The van der Waals surface area contributed by atoms with Crippen LogP contribution in [0.15, 0.2) is 0 Å². The van der Waals surface area contributed by atoms with Gasteiger partial charge in [0.2, 0.25) is 0 Å². The monoisotopic (exact) mass is 66.1 g/mol. The van der Waals surface area contributed by atoms with E-state index in [9.17, 15) is 0 Å². The van der Waals surface area contributed by atoms with Gasteiger partial charge in [0.1, 0.15) is 0 Å². The quantitative estimate of drug-likeness (QED) is 0.388. The van der Waals surface area contributed by atoms with Gasteiger partial charge in [0.25, 0.3) is 0 Å². The summed E-state index contributed by atoms with van der Waals surface area (Å²) in [6.45, 7) is 10.3. The molecule has 0 saturated carbocycles. The van der Waals surface area contributed by atoms with E-state index in [1.165, 1.54) is 0 Å². The molecule has 0 fully saturated rings. The van der Waals surface area contributed by atoms with E-state index in [-0.39, 0.29) is 0 Å². The first kappa shape index (κ1) is 5.00. The predicted molar refractivity (Wildman–Crippen MR) is 30.4 cm³/mol. The maximum atomic E-state index is 3.56. The minimum atomic E-state index is 0.648. The van der Waals surface area contributed by atoms with E-state index in [1.807, 2.05) is 6.81 Å². The normalized spacial score (nSPS) is 6.00. The van der Waals surface area contributed by atoms with Crippen molar-refractivity contribution in [1.82, 2.24) is 0 Å². The van der Waals surface area contributed by atoms with Crippen molar-refractivity contribution in [2.75, 3.05) is 0 Å². The zero-order valence-corrected chi connectivity index (χ0v) is 3.86. The molecule has 26 valence electrons. The zero-order chi connectivity index (χ0) is 4.28. The van der Waals surface area contributed by atoms with Crippen molar-refractivity contribution in [1.29, 1.82) is 0 Å². The van der Waals surface area contributed by atoms with Gasteiger partial charge in [-0.15, -0.1) is 0 Å². The van der Waals surface area contributed by atoms with Crippen LogP contribution >= 0.6 is 0 Å². The zero-order valence-electron chi connectivity index (χ0n) is 3.86. The second-order valence-corrected chi connectivity index (χ2v) is 1.48. The van der Waals surface area contributed by atoms with Gasteiger partial charge in [0.15, 0.2) is 0 Å². The SMILES string of the molecule is C=BB(C)C. The van der Waals surface area contributed by atoms with Crippen molar-refractivity contribution in [2.45, 2.75) is 13.6 Å². The molecule has 5 heavy (non-hydrogen) atoms. The van der Waals surface area contributed by atoms with Crippen molar-refractivity contribution >= 4 is 19.9 Å². The molecule has 0 rings (SSSR count). The first-order valence-corrected chi connectivity index (χ1v) is 1.90. The molecule has 0 spiro atoms. The first-order chi connectivity index (χ1) is 2.27. The summed E-state index contributed by atoms with van der Waals surface area (Å²) in [5.41, 5.74) is 0. The Balaban J connectivity index is 2.83. The molecule has 0 radical (unpaired) electrons. The van der Waals surface area contributed by atoms with Crippen LogP contribution in [0, 0.1) is 0 Å². The molecule has 0 amide bonds. The molecule has 2 heteroatoms. The molecular formula is C3H8B2. The second kappa shape index (κ2) is 2.25. The topological polar surface area (TPSA) is 0 Å². The molecule has 0 bridgehead atoms. The van der Waals surface area contributed by atoms with Gasteiger partial charge in [-0.2, -0.15) is 0 Å². The molecule has 0 aliphatic carbocycles. The summed E-state index contributed by atoms with van der Waals surface area (Å²) in [6.07, 6.45) is 0. The summed E-state index contributed by atoms with van der Waals surface area (Å²) >= 11 is 0. The molecule has 0 aromatic rings. The first-order valence-electron chi connectivity index (χ1n) is 1.90. The molecule has 0 aliphatic rings. The molecule has 0 aromatic carbocycles. The van der Waals surface area contributed by atoms with Gasteiger partial charge in [-0.05, 0) is 0 Å². The Kier molecular flexibility index (Phi) is 2.25. The van der Waals surface area contributed by atoms with Gasteiger partial charge in [-0.25, -0.2) is 0 Å². The Morgan fingerprint density at radius 1 is 1.60 bits per heavy atom. The van der Waals surface area contributed by atoms with Crippen molar-refractivity contribution in [2.24, 2.45) is 0 Å². The van der Waals surface area contributed by atoms with Crippen molar-refractivity contribution in [3.8, 4) is 0 Å². The molecule has 0 heterocycles. The van der Waals surface area contributed by atoms with Crippen LogP contribution in [-0.4, -0.2) is 19.9 Å². The Morgan fingerprint density at radius 3 is 1.80 bits per heavy atom. The fourth-order valence-corrected chi connectivity index (χ4v) is 0. The van der Waals surface area contributed by atoms with Crippen LogP contribution in [0.25, 0.3) is 0 Å². The van der Waals surface area contributed by atoms with Crippen LogP contribution in [0.4, 0.5) is 0 Å². The third-order valence-corrected chi connectivity index (χ3v) is 0.471. The summed E-state index contributed by atoms with van der Waals surface area (Å²) in [5.74, 6) is 0. The molecule has 0 nitrogen and oxygen atoms in total. The van der Waals surface area contributed by atoms with Gasteiger partial charge in [-0.3, -0.25) is 0 Å². The maximum absolute atomic E-state index is 3.56. The number of hydrogen-bond donors (Lipinski definition) is 0. The minimum absolute atomic E-state index is 0.648. The average Bonchev–Trinajstić information content (AvgIpc) is 1.38. The Hall–Kier alpha value is -0.000130. The third kappa shape index (κ3) is 4.00. The standard InChI is InChI=1S/C3H8B2/c1-4-5(2)3/h1H2,2-3H3. The second-order valence-electron chi connectivity index (χ2n) is 1.48. The van der Waals surface area contributed by atoms with E-state index < -0.39 is 0 Å². The number of rotatable bonds is 1. The van der Waals surface area contributed by atoms with Crippen molar-refractivity contribution in [3.05, 3.63) is 0 Å². The molecule has 0 aliphatic heterocycles. The van der Waals surface area contributed by atoms with E-state index >= 15 is 0 Å². The van der Waals surface area contributed by atoms with Gasteiger partial charge in [0.05, 0.1) is 0 Å². The van der Waals surface area contributed by atoms with Gasteiger partial charge < -0.3 is 0 Å². The van der Waals surface area contributed by atoms with Crippen LogP contribution in [-0.2, 0) is 0 Å². The van der Waals surface area contributed by atoms with E-state index in [4.69, 9.17) is 0 Å². The predicted octanol–water partition coefficient (Wildman–Crippen LogP) is 0.374. The van der Waals surface area contributed by atoms with E-state index in [0.29, 0.717) is 6.60 Å². The van der Waals surface area contributed by atoms with Crippen LogP contribution in [0.2, 0.25) is 13.6 Å². The van der Waals surface area contributed by atoms with Crippen LogP contribution in [0.3, 0.4) is 0 Å². The molecule has 0 N–H and O–H groups in total. The molecule has 0 unspecified atom stereocenters. The molecule has 0 aromatic heterocycles. The van der Waals surface area contributed by atoms with Crippen LogP contribution in [0.5, 0.6) is 0 Å². The van der Waals surface area contributed by atoms with Gasteiger partial charge in [0, 0.05) is 0 Å². The summed E-state index contributed by atoms with van der Waals surface area (Å²) < 4.78 is 0. The average molecular weight is 65.7 g/mol. The fourth-order valence-electron chi connectivity index (χ4n) is 0. The Morgan fingerprint density at radius 2 is 1.80 bits per heavy atom. The van der Waals surface area contributed by atoms with Gasteiger partial charge >= 0.3 is 33.5 Å². The Labute approximate surface area is 34.5 Å². The third-order valence-electron chi connectivity index (χ3n) is 0.471. The molecule has 0 saturated heterocycles. The van der Waals surface area contributed by atoms with Crippen LogP contribution < -0.4 is 0 Å². The fraction of sp³-hybridized carbons (Fsp3) is 0.667. The van der Waals surface area contributed by atoms with Crippen LogP contribution in [0.1, 0.15) is 0 Å². The van der Waals surface area contributed by atoms with E-state index in [2.05, 4.69) is 20.1 Å². The summed E-state index contributed by atoms with van der Waals surface area (Å²) in [5, 5.41) is 0. The van der Waals surface area contributed by atoms with Crippen molar-refractivity contribution in [3.63, 3.8) is 0 Å². The summed E-state index contributed by atoms with van der Waals surface area (Å²) in [7, 11) is 0. The number of hydrogen-bond acceptors (Lipinski definition) is 0. The summed E-state index contributed by atoms with van der Waals surface area (Å²) in [4.78, 5) is 0. The van der Waals surface area contributed by atoms with Crippen molar-refractivity contribution < 1.29 is 0 Å². The summed E-state index contributed by atoms with van der Waals surface area (Å²) in [6, 6.07) is 0. The van der Waals surface area contributed by atoms with Gasteiger partial charge in [-0.1, -0.05) is 0 Å². The van der Waals surface area contributed by atoms with E-state index in [1.54, 1.807) is 0 Å². The Bertz CT molecular complexity index is 31.9. The molecular weight excluding hydrogens is 57.7 g/mol. The van der Waals surface area contributed by atoms with E-state index in [0.717, 1.165) is 0 Å².